The fraction of sp³-hybridized carbons (Fsp3) is 0.968. The van der Waals surface area contributed by atoms with Gasteiger partial charge in [0, 0.05) is 0 Å². The predicted octanol–water partition coefficient (Wildman–Crippen LogP) is 8.71. The second kappa shape index (κ2) is 8.55. The quantitative estimate of drug-likeness (QED) is 0.393. The van der Waals surface area contributed by atoms with E-state index in [0.29, 0.717) is 28.6 Å². The van der Waals surface area contributed by atoms with Gasteiger partial charge in [-0.2, -0.15) is 0 Å². The molecule has 0 aromatic carbocycles. The van der Waals surface area contributed by atoms with Crippen molar-refractivity contribution in [3.63, 3.8) is 0 Å². The van der Waals surface area contributed by atoms with Crippen LogP contribution in [0.2, 0.25) is 0 Å². The van der Waals surface area contributed by atoms with E-state index in [-0.39, 0.29) is 16.7 Å². The lowest BCUT2D eigenvalue weighted by Gasteiger charge is -2.68. The fourth-order valence-corrected chi connectivity index (χ4v) is 10.9. The molecule has 0 heterocycles. The summed E-state index contributed by atoms with van der Waals surface area (Å²) in [5.74, 6) is 3.17. The van der Waals surface area contributed by atoms with Crippen LogP contribution >= 0.6 is 0 Å². The lowest BCUT2D eigenvalue weighted by Crippen LogP contribution is -2.62. The third-order valence-corrected chi connectivity index (χ3v) is 12.9. The van der Waals surface area contributed by atoms with Crippen LogP contribution in [0.3, 0.4) is 0 Å². The van der Waals surface area contributed by atoms with Gasteiger partial charge in [0.1, 0.15) is 0 Å². The monoisotopic (exact) mass is 457 g/mol. The molecule has 189 valence electrons. The molecule has 9 atom stereocenters. The van der Waals surface area contributed by atoms with Crippen LogP contribution in [-0.2, 0) is 9.90 Å². The summed E-state index contributed by atoms with van der Waals surface area (Å²) >= 11 is 0. The molecule has 0 saturated heterocycles. The van der Waals surface area contributed by atoms with Gasteiger partial charge in [-0.25, -0.2) is 9.90 Å². The molecule has 4 aliphatic carbocycles. The van der Waals surface area contributed by atoms with E-state index < -0.39 is 5.97 Å². The molecule has 4 fully saturated rings. The molecule has 0 aromatic rings. The number of rotatable bonds is 6. The predicted molar refractivity (Wildman–Crippen MR) is 136 cm³/mol. The summed E-state index contributed by atoms with van der Waals surface area (Å²) in [5.41, 5.74) is 0.917. The van der Waals surface area contributed by atoms with Crippen molar-refractivity contribution in [2.45, 2.75) is 126 Å². The highest BCUT2D eigenvalue weighted by Gasteiger charge is 2.69. The Labute approximate surface area is 205 Å². The molecule has 0 amide bonds. The Morgan fingerprint density at radius 1 is 0.788 bits per heavy atom. The van der Waals surface area contributed by atoms with Crippen molar-refractivity contribution in [3.05, 3.63) is 0 Å². The van der Waals surface area contributed by atoms with Crippen LogP contribution in [0, 0.1) is 63.1 Å². The van der Waals surface area contributed by atoms with Gasteiger partial charge in [0.25, 0.3) is 0 Å². The SMILES string of the molecule is CC(C)CCC[C@@H](C)[C@H]1CC[C@@]2(C)C3CC[C@H]4C(C)(C)CCC(C([O])=O)[C@]4(C)C3CC[C@]12C. The van der Waals surface area contributed by atoms with Gasteiger partial charge in [-0.15, -0.1) is 0 Å². The molecular formula is C31H53O2. The highest BCUT2D eigenvalue weighted by atomic mass is 16.4. The first-order valence-electron chi connectivity index (χ1n) is 14.5. The Kier molecular flexibility index (Phi) is 6.62. The van der Waals surface area contributed by atoms with Gasteiger partial charge in [0.15, 0.2) is 0 Å². The summed E-state index contributed by atoms with van der Waals surface area (Å²) in [6.07, 6.45) is 13.8. The lowest BCUT2D eigenvalue weighted by atomic mass is 9.36. The van der Waals surface area contributed by atoms with Crippen molar-refractivity contribution in [3.8, 4) is 0 Å². The smallest absolute Gasteiger partial charge is 0.247 e. The normalized spacial score (nSPS) is 47.5. The number of carbonyl (C=O) groups is 1. The molecule has 1 radical (unpaired) electrons. The Morgan fingerprint density at radius 2 is 1.45 bits per heavy atom. The second-order valence-corrected chi connectivity index (χ2v) is 14.9. The van der Waals surface area contributed by atoms with Crippen LogP contribution in [-0.4, -0.2) is 5.97 Å². The Balaban J connectivity index is 1.62. The van der Waals surface area contributed by atoms with E-state index in [1.165, 1.54) is 57.8 Å². The highest BCUT2D eigenvalue weighted by molar-refractivity contribution is 5.71. The van der Waals surface area contributed by atoms with Gasteiger partial charge in [-0.1, -0.05) is 74.7 Å². The molecule has 2 nitrogen and oxygen atoms in total. The maximum absolute atomic E-state index is 12.4. The molecule has 4 aliphatic rings. The average Bonchev–Trinajstić information content (AvgIpc) is 2.98. The van der Waals surface area contributed by atoms with Gasteiger partial charge in [-0.05, 0) is 109 Å². The van der Waals surface area contributed by atoms with Crippen molar-refractivity contribution in [2.75, 3.05) is 0 Å². The zero-order chi connectivity index (χ0) is 24.4. The van der Waals surface area contributed by atoms with Crippen LogP contribution in [0.15, 0.2) is 0 Å². The molecule has 0 N–H and O–H groups in total. The molecule has 0 aromatic heterocycles. The first-order valence-corrected chi connectivity index (χ1v) is 14.5. The molecule has 4 rings (SSSR count). The Bertz CT molecular complexity index is 739. The zero-order valence-electron chi connectivity index (χ0n) is 23.1. The first-order chi connectivity index (χ1) is 15.3. The van der Waals surface area contributed by atoms with Gasteiger partial charge >= 0.3 is 5.97 Å². The van der Waals surface area contributed by atoms with Crippen LogP contribution in [0.25, 0.3) is 0 Å². The first kappa shape index (κ1) is 25.6. The third-order valence-electron chi connectivity index (χ3n) is 12.9. The Hall–Kier alpha value is -0.530. The molecular weight excluding hydrogens is 404 g/mol. The van der Waals surface area contributed by atoms with Gasteiger partial charge in [-0.3, -0.25) is 0 Å². The molecule has 4 saturated carbocycles. The zero-order valence-corrected chi connectivity index (χ0v) is 23.1. The minimum atomic E-state index is -0.764. The molecule has 0 spiro atoms. The van der Waals surface area contributed by atoms with E-state index in [1.54, 1.807) is 0 Å². The van der Waals surface area contributed by atoms with Crippen molar-refractivity contribution >= 4 is 5.97 Å². The number of carbonyl (C=O) groups excluding carboxylic acids is 1. The van der Waals surface area contributed by atoms with Crippen LogP contribution in [0.4, 0.5) is 0 Å². The van der Waals surface area contributed by atoms with Crippen molar-refractivity contribution in [1.29, 1.82) is 0 Å². The van der Waals surface area contributed by atoms with Crippen molar-refractivity contribution in [2.24, 2.45) is 63.1 Å². The van der Waals surface area contributed by atoms with E-state index in [2.05, 4.69) is 55.4 Å². The summed E-state index contributed by atoms with van der Waals surface area (Å²) < 4.78 is 0. The minimum absolute atomic E-state index is 0.102. The van der Waals surface area contributed by atoms with Crippen LogP contribution in [0.5, 0.6) is 0 Å². The van der Waals surface area contributed by atoms with Crippen LogP contribution in [0.1, 0.15) is 126 Å². The van der Waals surface area contributed by atoms with E-state index in [9.17, 15) is 9.90 Å². The molecule has 2 heteroatoms. The largest absolute Gasteiger partial charge is 0.359 e. The van der Waals surface area contributed by atoms with Gasteiger partial charge in [0.2, 0.25) is 0 Å². The van der Waals surface area contributed by atoms with E-state index in [1.807, 2.05) is 0 Å². The topological polar surface area (TPSA) is 37.0 Å². The summed E-state index contributed by atoms with van der Waals surface area (Å²) in [6, 6.07) is 0. The summed E-state index contributed by atoms with van der Waals surface area (Å²) in [4.78, 5) is 12.4. The maximum Gasteiger partial charge on any atom is 0.359 e. The van der Waals surface area contributed by atoms with Crippen molar-refractivity contribution < 1.29 is 9.90 Å². The summed E-state index contributed by atoms with van der Waals surface area (Å²) in [7, 11) is 0. The number of fused-ring (bicyclic) bond motifs is 5. The molecule has 0 aliphatic heterocycles. The standard InChI is InChI=1S/C31H53O2/c1-20(2)10-9-11-21(3)22-15-18-30(7)23-12-13-26-28(4,5)17-14-25(27(32)33)31(26,8)24(23)16-19-29(22,30)6/h20-26H,9-19H2,1-8H3/t21-,22-,23?,24?,25?,26+,29-,30+,31+/m1/s1. The highest BCUT2D eigenvalue weighted by Crippen LogP contribution is 2.75. The molecule has 3 unspecified atom stereocenters. The van der Waals surface area contributed by atoms with Crippen molar-refractivity contribution in [1.82, 2.24) is 0 Å². The summed E-state index contributed by atoms with van der Waals surface area (Å²) in [5, 5.41) is 12.4. The van der Waals surface area contributed by atoms with Crippen LogP contribution < -0.4 is 0 Å². The third kappa shape index (κ3) is 3.74. The molecule has 33 heavy (non-hydrogen) atoms. The summed E-state index contributed by atoms with van der Waals surface area (Å²) in [6.45, 7) is 19.8. The second-order valence-electron chi connectivity index (χ2n) is 14.9. The van der Waals surface area contributed by atoms with E-state index in [4.69, 9.17) is 0 Å². The Morgan fingerprint density at radius 3 is 2.09 bits per heavy atom. The average molecular weight is 458 g/mol. The van der Waals surface area contributed by atoms with Gasteiger partial charge < -0.3 is 0 Å². The number of hydrogen-bond donors (Lipinski definition) is 0. The molecule has 0 bridgehead atoms. The van der Waals surface area contributed by atoms with Gasteiger partial charge in [0.05, 0.1) is 5.92 Å². The van der Waals surface area contributed by atoms with E-state index in [0.717, 1.165) is 30.6 Å². The fourth-order valence-electron chi connectivity index (χ4n) is 10.9. The maximum atomic E-state index is 12.4. The van der Waals surface area contributed by atoms with E-state index >= 15 is 0 Å². The lowest BCUT2D eigenvalue weighted by molar-refractivity contribution is -0.209. The minimum Gasteiger partial charge on any atom is -0.247 e. The number of hydrogen-bond acceptors (Lipinski definition) is 1.